The van der Waals surface area contributed by atoms with Gasteiger partial charge in [0, 0.05) is 18.0 Å². The third kappa shape index (κ3) is 3.17. The minimum atomic E-state index is -1.02. The number of carboxylic acids is 1. The van der Waals surface area contributed by atoms with Gasteiger partial charge in [0.15, 0.2) is 0 Å². The molecule has 116 valence electrons. The summed E-state index contributed by atoms with van der Waals surface area (Å²) in [6, 6.07) is 8.82. The summed E-state index contributed by atoms with van der Waals surface area (Å²) in [6.07, 6.45) is 3.28. The van der Waals surface area contributed by atoms with Gasteiger partial charge in [-0.25, -0.2) is 14.8 Å². The number of carbonyl (C=O) groups is 1. The molecule has 7 heteroatoms. The first-order chi connectivity index (χ1) is 11.0. The zero-order valence-electron chi connectivity index (χ0n) is 12.2. The lowest BCUT2D eigenvalue weighted by atomic mass is 10.1. The molecule has 0 atom stereocenters. The molecule has 0 bridgehead atoms. The molecule has 3 aromatic rings. The molecule has 6 nitrogen and oxygen atoms in total. The lowest BCUT2D eigenvalue weighted by Crippen LogP contribution is -2.00. The number of H-pyrrole nitrogens is 1. The summed E-state index contributed by atoms with van der Waals surface area (Å²) in [5.41, 5.74) is 2.98. The standard InChI is InChI=1S/C16H13ClN4O2/c1-9-7-19-16(20-12-5-3-2-4-11(12)17)21-14(9)10-6-13(15(22)23)18-8-10/h2-8,18H,1H3,(H,22,23)(H,19,20,21). The SMILES string of the molecule is Cc1cnc(Nc2ccccc2Cl)nc1-c1c[nH]c(C(=O)O)c1. The number of aromatic carboxylic acids is 1. The molecule has 2 heterocycles. The maximum Gasteiger partial charge on any atom is 0.352 e. The molecule has 1 aromatic carbocycles. The zero-order chi connectivity index (χ0) is 16.4. The molecule has 0 spiro atoms. The van der Waals surface area contributed by atoms with Gasteiger partial charge in [0.2, 0.25) is 5.95 Å². The number of rotatable bonds is 4. The third-order valence-electron chi connectivity index (χ3n) is 3.28. The highest BCUT2D eigenvalue weighted by Gasteiger charge is 2.12. The van der Waals surface area contributed by atoms with Crippen LogP contribution in [0.4, 0.5) is 11.6 Å². The molecule has 2 aromatic heterocycles. The van der Waals surface area contributed by atoms with Crippen LogP contribution in [0.2, 0.25) is 5.02 Å². The fourth-order valence-corrected chi connectivity index (χ4v) is 2.32. The smallest absolute Gasteiger partial charge is 0.352 e. The normalized spacial score (nSPS) is 10.5. The van der Waals surface area contributed by atoms with E-state index in [1.165, 1.54) is 6.07 Å². The van der Waals surface area contributed by atoms with Crippen molar-refractivity contribution in [3.63, 3.8) is 0 Å². The molecule has 0 saturated carbocycles. The van der Waals surface area contributed by atoms with Crippen LogP contribution < -0.4 is 5.32 Å². The first kappa shape index (κ1) is 15.1. The maximum atomic E-state index is 11.0. The van der Waals surface area contributed by atoms with Crippen LogP contribution in [-0.4, -0.2) is 26.0 Å². The van der Waals surface area contributed by atoms with E-state index >= 15 is 0 Å². The van der Waals surface area contributed by atoms with Gasteiger partial charge in [0.25, 0.3) is 0 Å². The molecule has 0 unspecified atom stereocenters. The summed E-state index contributed by atoms with van der Waals surface area (Å²) in [5.74, 6) is -0.630. The van der Waals surface area contributed by atoms with E-state index in [1.54, 1.807) is 18.5 Å². The lowest BCUT2D eigenvalue weighted by molar-refractivity contribution is 0.0691. The van der Waals surface area contributed by atoms with Gasteiger partial charge in [-0.05, 0) is 30.7 Å². The molecule has 0 radical (unpaired) electrons. The van der Waals surface area contributed by atoms with Crippen molar-refractivity contribution in [1.82, 2.24) is 15.0 Å². The zero-order valence-corrected chi connectivity index (χ0v) is 12.9. The van der Waals surface area contributed by atoms with E-state index in [4.69, 9.17) is 16.7 Å². The Labute approximate surface area is 137 Å². The second kappa shape index (κ2) is 6.10. The number of aromatic amines is 1. The lowest BCUT2D eigenvalue weighted by Gasteiger charge is -2.09. The Hall–Kier alpha value is -2.86. The van der Waals surface area contributed by atoms with Gasteiger partial charge in [0.1, 0.15) is 5.69 Å². The summed E-state index contributed by atoms with van der Waals surface area (Å²) in [5, 5.41) is 12.6. The monoisotopic (exact) mass is 328 g/mol. The highest BCUT2D eigenvalue weighted by molar-refractivity contribution is 6.33. The van der Waals surface area contributed by atoms with Gasteiger partial charge in [-0.15, -0.1) is 0 Å². The Bertz CT molecular complexity index is 876. The first-order valence-electron chi connectivity index (χ1n) is 6.82. The van der Waals surface area contributed by atoms with E-state index in [0.29, 0.717) is 27.9 Å². The minimum Gasteiger partial charge on any atom is -0.477 e. The second-order valence-corrected chi connectivity index (χ2v) is 5.34. The average molecular weight is 329 g/mol. The highest BCUT2D eigenvalue weighted by Crippen LogP contribution is 2.26. The van der Waals surface area contributed by atoms with E-state index in [0.717, 1.165) is 5.56 Å². The van der Waals surface area contributed by atoms with Crippen molar-refractivity contribution in [3.05, 3.63) is 59.0 Å². The van der Waals surface area contributed by atoms with Crippen molar-refractivity contribution < 1.29 is 9.90 Å². The van der Waals surface area contributed by atoms with Crippen LogP contribution in [0.5, 0.6) is 0 Å². The van der Waals surface area contributed by atoms with Crippen molar-refractivity contribution in [2.45, 2.75) is 6.92 Å². The van der Waals surface area contributed by atoms with Gasteiger partial charge >= 0.3 is 5.97 Å². The predicted molar refractivity (Wildman–Crippen MR) is 88.2 cm³/mol. The largest absolute Gasteiger partial charge is 0.477 e. The molecule has 0 aliphatic rings. The van der Waals surface area contributed by atoms with Crippen LogP contribution in [-0.2, 0) is 0 Å². The number of carboxylic acid groups (broad SMARTS) is 1. The molecule has 0 amide bonds. The number of hydrogen-bond donors (Lipinski definition) is 3. The first-order valence-corrected chi connectivity index (χ1v) is 7.19. The number of aryl methyl sites for hydroxylation is 1. The second-order valence-electron chi connectivity index (χ2n) is 4.94. The van der Waals surface area contributed by atoms with Gasteiger partial charge < -0.3 is 15.4 Å². The van der Waals surface area contributed by atoms with Gasteiger partial charge in [0.05, 0.1) is 16.4 Å². The average Bonchev–Trinajstić information content (AvgIpc) is 3.01. The van der Waals surface area contributed by atoms with Crippen LogP contribution in [0.1, 0.15) is 16.1 Å². The number of aromatic nitrogens is 3. The summed E-state index contributed by atoms with van der Waals surface area (Å²) in [7, 11) is 0. The molecule has 0 aliphatic heterocycles. The molecule has 0 fully saturated rings. The van der Waals surface area contributed by atoms with E-state index in [2.05, 4.69) is 20.3 Å². The van der Waals surface area contributed by atoms with Crippen molar-refractivity contribution in [1.29, 1.82) is 0 Å². The summed E-state index contributed by atoms with van der Waals surface area (Å²) >= 11 is 6.11. The predicted octanol–water partition coefficient (Wildman–Crippen LogP) is 3.88. The molecule has 0 saturated heterocycles. The van der Waals surface area contributed by atoms with Crippen molar-refractivity contribution >= 4 is 29.2 Å². The van der Waals surface area contributed by atoms with Crippen LogP contribution in [0.15, 0.2) is 42.7 Å². The number of para-hydroxylation sites is 1. The Morgan fingerprint density at radius 3 is 2.83 bits per heavy atom. The number of benzene rings is 1. The molecular formula is C16H13ClN4O2. The van der Waals surface area contributed by atoms with Crippen molar-refractivity contribution in [2.24, 2.45) is 0 Å². The van der Waals surface area contributed by atoms with Crippen LogP contribution in [0.3, 0.4) is 0 Å². The quantitative estimate of drug-likeness (QED) is 0.676. The van der Waals surface area contributed by atoms with Crippen LogP contribution in [0.25, 0.3) is 11.3 Å². The van der Waals surface area contributed by atoms with Crippen LogP contribution >= 0.6 is 11.6 Å². The maximum absolute atomic E-state index is 11.0. The molecule has 3 rings (SSSR count). The fourth-order valence-electron chi connectivity index (χ4n) is 2.13. The van der Waals surface area contributed by atoms with Gasteiger partial charge in [-0.3, -0.25) is 0 Å². The molecule has 0 aliphatic carbocycles. The number of anilines is 2. The summed E-state index contributed by atoms with van der Waals surface area (Å²) in [6.45, 7) is 1.86. The van der Waals surface area contributed by atoms with Crippen molar-refractivity contribution in [2.75, 3.05) is 5.32 Å². The van der Waals surface area contributed by atoms with Crippen molar-refractivity contribution in [3.8, 4) is 11.3 Å². The fraction of sp³-hybridized carbons (Fsp3) is 0.0625. The Balaban J connectivity index is 1.95. The topological polar surface area (TPSA) is 90.9 Å². The van der Waals surface area contributed by atoms with Gasteiger partial charge in [-0.2, -0.15) is 0 Å². The molecule has 3 N–H and O–H groups in total. The number of hydrogen-bond acceptors (Lipinski definition) is 4. The number of nitrogens with one attached hydrogen (secondary N) is 2. The molecular weight excluding hydrogens is 316 g/mol. The number of halogens is 1. The van der Waals surface area contributed by atoms with Gasteiger partial charge in [-0.1, -0.05) is 23.7 Å². The Morgan fingerprint density at radius 1 is 1.35 bits per heavy atom. The molecule has 23 heavy (non-hydrogen) atoms. The highest BCUT2D eigenvalue weighted by atomic mass is 35.5. The Morgan fingerprint density at radius 2 is 2.13 bits per heavy atom. The van der Waals surface area contributed by atoms with E-state index in [1.807, 2.05) is 25.1 Å². The van der Waals surface area contributed by atoms with E-state index in [9.17, 15) is 4.79 Å². The Kier molecular flexibility index (Phi) is 3.99. The minimum absolute atomic E-state index is 0.110. The van der Waals surface area contributed by atoms with Crippen LogP contribution in [0, 0.1) is 6.92 Å². The number of nitrogens with zero attached hydrogens (tertiary/aromatic N) is 2. The summed E-state index contributed by atoms with van der Waals surface area (Å²) in [4.78, 5) is 22.4. The van der Waals surface area contributed by atoms with E-state index in [-0.39, 0.29) is 5.69 Å². The van der Waals surface area contributed by atoms with E-state index < -0.39 is 5.97 Å². The third-order valence-corrected chi connectivity index (χ3v) is 3.61. The summed E-state index contributed by atoms with van der Waals surface area (Å²) < 4.78 is 0.